The van der Waals surface area contributed by atoms with E-state index in [1.54, 1.807) is 6.08 Å². The molecule has 0 aromatic heterocycles. The molecule has 1 heterocycles. The fraction of sp³-hybridized carbons (Fsp3) is 0.375. The molecule has 0 fully saturated rings. The molecular weight excluding hydrogens is 162 g/mol. The van der Waals surface area contributed by atoms with Crippen molar-refractivity contribution >= 4 is 17.4 Å². The Morgan fingerprint density at radius 1 is 1.82 bits per heavy atom. The van der Waals surface area contributed by atoms with Crippen LogP contribution in [0.4, 0.5) is 0 Å². The summed E-state index contributed by atoms with van der Waals surface area (Å²) in [6.07, 6.45) is 5.54. The van der Waals surface area contributed by atoms with Crippen LogP contribution >= 0.6 is 11.6 Å². The number of alkyl halides is 1. The second kappa shape index (κ2) is 3.58. The predicted molar refractivity (Wildman–Crippen MR) is 45.6 cm³/mol. The van der Waals surface area contributed by atoms with E-state index in [0.29, 0.717) is 0 Å². The third kappa shape index (κ3) is 2.09. The second-order valence-corrected chi connectivity index (χ2v) is 2.74. The molecule has 0 bridgehead atoms. The summed E-state index contributed by atoms with van der Waals surface area (Å²) < 4.78 is 0. The summed E-state index contributed by atoms with van der Waals surface area (Å²) in [5.41, 5.74) is 0.720. The van der Waals surface area contributed by atoms with Gasteiger partial charge in [-0.05, 0) is 12.3 Å². The summed E-state index contributed by atoms with van der Waals surface area (Å²) in [7, 11) is 1.95. The molecule has 1 rings (SSSR count). The lowest BCUT2D eigenvalue weighted by atomic mass is 10.1. The molecule has 1 aliphatic rings. The van der Waals surface area contributed by atoms with E-state index in [1.165, 1.54) is 0 Å². The summed E-state index contributed by atoms with van der Waals surface area (Å²) in [6.45, 7) is 0.786. The molecule has 1 aliphatic heterocycles. The monoisotopic (exact) mass is 171 g/mol. The van der Waals surface area contributed by atoms with Crippen LogP contribution in [-0.4, -0.2) is 30.2 Å². The maximum absolute atomic E-state index is 11.0. The van der Waals surface area contributed by atoms with E-state index >= 15 is 0 Å². The molecule has 0 saturated heterocycles. The van der Waals surface area contributed by atoms with Gasteiger partial charge in [0, 0.05) is 19.2 Å². The first-order chi connectivity index (χ1) is 5.24. The van der Waals surface area contributed by atoms with E-state index in [4.69, 9.17) is 11.6 Å². The highest BCUT2D eigenvalue weighted by Crippen LogP contribution is 2.06. The Kier molecular flexibility index (Phi) is 2.71. The molecule has 0 atom stereocenters. The van der Waals surface area contributed by atoms with Crippen LogP contribution in [0, 0.1) is 0 Å². The SMILES string of the molecule is CN1C=CC(C(=O)CCl)=CC1. The van der Waals surface area contributed by atoms with Crippen LogP contribution in [-0.2, 0) is 4.79 Å². The molecule has 0 spiro atoms. The quantitative estimate of drug-likeness (QED) is 0.582. The first-order valence-electron chi connectivity index (χ1n) is 3.42. The zero-order valence-electron chi connectivity index (χ0n) is 6.38. The van der Waals surface area contributed by atoms with Crippen LogP contribution in [0.5, 0.6) is 0 Å². The van der Waals surface area contributed by atoms with Crippen LogP contribution < -0.4 is 0 Å². The number of allylic oxidation sites excluding steroid dienone is 2. The highest BCUT2D eigenvalue weighted by atomic mass is 35.5. The van der Waals surface area contributed by atoms with Crippen molar-refractivity contribution in [2.45, 2.75) is 0 Å². The molecule has 0 aromatic rings. The molecule has 0 radical (unpaired) electrons. The van der Waals surface area contributed by atoms with Gasteiger partial charge in [0.15, 0.2) is 5.78 Å². The van der Waals surface area contributed by atoms with Gasteiger partial charge in [0.05, 0.1) is 5.88 Å². The zero-order chi connectivity index (χ0) is 8.27. The normalized spacial score (nSPS) is 16.5. The molecule has 2 nitrogen and oxygen atoms in total. The number of hydrogen-bond acceptors (Lipinski definition) is 2. The molecule has 0 N–H and O–H groups in total. The van der Waals surface area contributed by atoms with E-state index in [2.05, 4.69) is 0 Å². The predicted octanol–water partition coefficient (Wildman–Crippen LogP) is 1.18. The molecule has 0 aliphatic carbocycles. The minimum Gasteiger partial charge on any atom is -0.377 e. The summed E-state index contributed by atoms with van der Waals surface area (Å²) in [5, 5.41) is 0. The minimum absolute atomic E-state index is 0.00369. The van der Waals surface area contributed by atoms with Crippen LogP contribution in [0.3, 0.4) is 0 Å². The van der Waals surface area contributed by atoms with Gasteiger partial charge >= 0.3 is 0 Å². The van der Waals surface area contributed by atoms with Crippen molar-refractivity contribution in [1.82, 2.24) is 4.90 Å². The Balaban J connectivity index is 2.63. The van der Waals surface area contributed by atoms with Crippen LogP contribution in [0.2, 0.25) is 0 Å². The summed E-state index contributed by atoms with van der Waals surface area (Å²) >= 11 is 5.38. The van der Waals surface area contributed by atoms with E-state index in [1.807, 2.05) is 24.2 Å². The highest BCUT2D eigenvalue weighted by molar-refractivity contribution is 6.30. The Hall–Kier alpha value is -0.760. The van der Waals surface area contributed by atoms with Gasteiger partial charge in [-0.1, -0.05) is 6.08 Å². The number of carbonyl (C=O) groups is 1. The van der Waals surface area contributed by atoms with Crippen molar-refractivity contribution in [3.8, 4) is 0 Å². The fourth-order valence-corrected chi connectivity index (χ4v) is 1.02. The van der Waals surface area contributed by atoms with Crippen molar-refractivity contribution in [2.75, 3.05) is 19.5 Å². The maximum atomic E-state index is 11.0. The van der Waals surface area contributed by atoms with E-state index in [0.717, 1.165) is 12.1 Å². The fourth-order valence-electron chi connectivity index (χ4n) is 0.863. The second-order valence-electron chi connectivity index (χ2n) is 2.47. The van der Waals surface area contributed by atoms with Gasteiger partial charge in [0.1, 0.15) is 0 Å². The lowest BCUT2D eigenvalue weighted by Crippen LogP contribution is -2.16. The van der Waals surface area contributed by atoms with Gasteiger partial charge in [0.25, 0.3) is 0 Å². The average molecular weight is 172 g/mol. The van der Waals surface area contributed by atoms with Gasteiger partial charge in [-0.25, -0.2) is 0 Å². The maximum Gasteiger partial charge on any atom is 0.177 e. The topological polar surface area (TPSA) is 20.3 Å². The summed E-state index contributed by atoms with van der Waals surface area (Å²) in [5.74, 6) is 0.0656. The Morgan fingerprint density at radius 2 is 2.55 bits per heavy atom. The third-order valence-corrected chi connectivity index (χ3v) is 1.79. The molecule has 3 heteroatoms. The smallest absolute Gasteiger partial charge is 0.177 e. The highest BCUT2D eigenvalue weighted by Gasteiger charge is 2.07. The molecule has 0 saturated carbocycles. The lowest BCUT2D eigenvalue weighted by molar-refractivity contribution is -0.113. The van der Waals surface area contributed by atoms with Crippen molar-refractivity contribution < 1.29 is 4.79 Å². The molecule has 0 amide bonds. The van der Waals surface area contributed by atoms with Gasteiger partial charge in [-0.3, -0.25) is 4.79 Å². The minimum atomic E-state index is -0.00369. The lowest BCUT2D eigenvalue weighted by Gasteiger charge is -2.15. The van der Waals surface area contributed by atoms with Crippen LogP contribution in [0.15, 0.2) is 23.9 Å². The molecule has 0 unspecified atom stereocenters. The van der Waals surface area contributed by atoms with E-state index in [9.17, 15) is 4.79 Å². The van der Waals surface area contributed by atoms with E-state index < -0.39 is 0 Å². The Bertz CT molecular complexity index is 220. The molecule has 0 aromatic carbocycles. The molecule has 60 valence electrons. The standard InChI is InChI=1S/C8H10ClNO/c1-10-4-2-7(3-5-10)8(11)6-9/h2-4H,5-6H2,1H3. The first kappa shape index (κ1) is 8.34. The van der Waals surface area contributed by atoms with Gasteiger partial charge in [-0.2, -0.15) is 0 Å². The van der Waals surface area contributed by atoms with Gasteiger partial charge in [0.2, 0.25) is 0 Å². The first-order valence-corrected chi connectivity index (χ1v) is 3.95. The number of likely N-dealkylation sites (N-methyl/N-ethyl adjacent to an activating group) is 1. The van der Waals surface area contributed by atoms with E-state index in [-0.39, 0.29) is 11.7 Å². The van der Waals surface area contributed by atoms with Crippen molar-refractivity contribution in [3.05, 3.63) is 23.9 Å². The zero-order valence-corrected chi connectivity index (χ0v) is 7.14. The Morgan fingerprint density at radius 3 is 3.00 bits per heavy atom. The Labute approximate surface area is 71.1 Å². The van der Waals surface area contributed by atoms with Crippen LogP contribution in [0.1, 0.15) is 0 Å². The third-order valence-electron chi connectivity index (χ3n) is 1.55. The van der Waals surface area contributed by atoms with Gasteiger partial charge in [-0.15, -0.1) is 11.6 Å². The average Bonchev–Trinajstić information content (AvgIpc) is 2.05. The number of Topliss-reactive ketones (excluding diaryl/α,β-unsaturated/α-hetero) is 1. The number of rotatable bonds is 2. The molecular formula is C8H10ClNO. The number of nitrogens with zero attached hydrogens (tertiary/aromatic N) is 1. The largest absolute Gasteiger partial charge is 0.377 e. The van der Waals surface area contributed by atoms with Crippen molar-refractivity contribution in [3.63, 3.8) is 0 Å². The summed E-state index contributed by atoms with van der Waals surface area (Å²) in [4.78, 5) is 13.0. The molecule has 11 heavy (non-hydrogen) atoms. The van der Waals surface area contributed by atoms with Gasteiger partial charge < -0.3 is 4.90 Å². The summed E-state index contributed by atoms with van der Waals surface area (Å²) in [6, 6.07) is 0. The number of halogens is 1. The number of ketones is 1. The number of carbonyl (C=O) groups excluding carboxylic acids is 1. The van der Waals surface area contributed by atoms with Crippen molar-refractivity contribution in [2.24, 2.45) is 0 Å². The van der Waals surface area contributed by atoms with Crippen molar-refractivity contribution in [1.29, 1.82) is 0 Å². The number of hydrogen-bond donors (Lipinski definition) is 0. The van der Waals surface area contributed by atoms with Crippen LogP contribution in [0.25, 0.3) is 0 Å².